The predicted octanol–water partition coefficient (Wildman–Crippen LogP) is 3.21. The normalized spacial score (nSPS) is 14.2. The lowest BCUT2D eigenvalue weighted by atomic mass is 10.1. The van der Waals surface area contributed by atoms with Crippen LogP contribution in [0.5, 0.6) is 0 Å². The van der Waals surface area contributed by atoms with Crippen LogP contribution in [0.4, 0.5) is 5.69 Å². The van der Waals surface area contributed by atoms with Gasteiger partial charge >= 0.3 is 0 Å². The molecule has 0 atom stereocenters. The van der Waals surface area contributed by atoms with E-state index < -0.39 is 0 Å². The fraction of sp³-hybridized carbons (Fsp3) is 0. The lowest BCUT2D eigenvalue weighted by Gasteiger charge is -2.04. The van der Waals surface area contributed by atoms with Gasteiger partial charge in [0.05, 0.1) is 0 Å². The Morgan fingerprint density at radius 3 is 2.92 bits per heavy atom. The van der Waals surface area contributed by atoms with E-state index in [9.17, 15) is 0 Å². The lowest BCUT2D eigenvalue weighted by molar-refractivity contribution is 1.57. The molecule has 1 aliphatic heterocycles. The maximum atomic E-state index is 6.02. The molecular weight excluding hydrogens is 170 g/mol. The summed E-state index contributed by atoms with van der Waals surface area (Å²) in [6, 6.07) is 7.95. The molecule has 0 unspecified atom stereocenters. The molecule has 0 fully saturated rings. The zero-order chi connectivity index (χ0) is 8.39. The van der Waals surface area contributed by atoms with Gasteiger partial charge in [-0.25, -0.2) is 0 Å². The lowest BCUT2D eigenvalue weighted by Crippen LogP contribution is -1.88. The number of anilines is 1. The Bertz CT molecular complexity index is 353. The van der Waals surface area contributed by atoms with Crippen molar-refractivity contribution in [3.8, 4) is 0 Å². The van der Waals surface area contributed by atoms with E-state index >= 15 is 0 Å². The Balaban J connectivity index is 2.58. The molecule has 0 spiro atoms. The highest BCUT2D eigenvalue weighted by molar-refractivity contribution is 6.49. The second-order valence-corrected chi connectivity index (χ2v) is 2.97. The van der Waals surface area contributed by atoms with E-state index in [1.165, 1.54) is 0 Å². The first-order valence-corrected chi connectivity index (χ1v) is 4.14. The first-order chi connectivity index (χ1) is 5.88. The molecule has 1 aromatic rings. The molecule has 1 aliphatic rings. The highest BCUT2D eigenvalue weighted by Gasteiger charge is 2.04. The predicted molar refractivity (Wildman–Crippen MR) is 53.0 cm³/mol. The van der Waals surface area contributed by atoms with Crippen LogP contribution in [0.2, 0.25) is 0 Å². The molecule has 0 saturated carbocycles. The quantitative estimate of drug-likeness (QED) is 0.642. The van der Waals surface area contributed by atoms with Crippen molar-refractivity contribution in [2.24, 2.45) is 0 Å². The van der Waals surface area contributed by atoms with Crippen LogP contribution in [0.1, 0.15) is 5.56 Å². The number of halogens is 1. The third-order valence-electron chi connectivity index (χ3n) is 1.76. The number of allylic oxidation sites excluding steroid dienone is 2. The van der Waals surface area contributed by atoms with E-state index in [1.54, 1.807) is 0 Å². The molecule has 2 rings (SSSR count). The summed E-state index contributed by atoms with van der Waals surface area (Å²) in [5, 5.41) is 3.91. The summed E-state index contributed by atoms with van der Waals surface area (Å²) in [5.41, 5.74) is 2.09. The summed E-state index contributed by atoms with van der Waals surface area (Å²) >= 11 is 6.02. The Kier molecular flexibility index (Phi) is 1.88. The molecule has 0 radical (unpaired) electrons. The molecule has 0 bridgehead atoms. The number of nitrogens with one attached hydrogen (secondary N) is 1. The maximum Gasteiger partial charge on any atom is 0.0499 e. The van der Waals surface area contributed by atoms with Gasteiger partial charge in [-0.2, -0.15) is 0 Å². The van der Waals surface area contributed by atoms with E-state index in [-0.39, 0.29) is 0 Å². The summed E-state index contributed by atoms with van der Waals surface area (Å²) in [4.78, 5) is 0. The molecule has 12 heavy (non-hydrogen) atoms. The van der Waals surface area contributed by atoms with Crippen molar-refractivity contribution in [2.45, 2.75) is 0 Å². The van der Waals surface area contributed by atoms with Gasteiger partial charge in [0, 0.05) is 22.5 Å². The highest BCUT2D eigenvalue weighted by Crippen LogP contribution is 2.28. The Hall–Kier alpha value is -1.21. The number of benzene rings is 1. The van der Waals surface area contributed by atoms with Crippen LogP contribution in [-0.2, 0) is 0 Å². The van der Waals surface area contributed by atoms with E-state index in [2.05, 4.69) is 5.32 Å². The van der Waals surface area contributed by atoms with E-state index in [0.29, 0.717) is 0 Å². The third kappa shape index (κ3) is 1.23. The zero-order valence-electron chi connectivity index (χ0n) is 6.42. The third-order valence-corrected chi connectivity index (χ3v) is 2.09. The van der Waals surface area contributed by atoms with Crippen LogP contribution in [0.3, 0.4) is 0 Å². The molecule has 60 valence electrons. The monoisotopic (exact) mass is 177 g/mol. The van der Waals surface area contributed by atoms with Gasteiger partial charge in [0.1, 0.15) is 0 Å². The number of fused-ring (bicyclic) bond motifs is 1. The molecule has 0 amide bonds. The summed E-state index contributed by atoms with van der Waals surface area (Å²) in [7, 11) is 0. The van der Waals surface area contributed by atoms with Gasteiger partial charge in [-0.1, -0.05) is 29.8 Å². The van der Waals surface area contributed by atoms with Gasteiger partial charge in [-0.3, -0.25) is 0 Å². The van der Waals surface area contributed by atoms with E-state index in [4.69, 9.17) is 11.6 Å². The van der Waals surface area contributed by atoms with Gasteiger partial charge in [0.15, 0.2) is 0 Å². The number of rotatable bonds is 0. The van der Waals surface area contributed by atoms with Crippen LogP contribution < -0.4 is 5.32 Å². The van der Waals surface area contributed by atoms with Gasteiger partial charge in [-0.15, -0.1) is 0 Å². The number of para-hydroxylation sites is 1. The van der Waals surface area contributed by atoms with Crippen molar-refractivity contribution in [1.29, 1.82) is 0 Å². The van der Waals surface area contributed by atoms with Crippen molar-refractivity contribution in [3.05, 3.63) is 48.2 Å². The molecule has 0 aliphatic carbocycles. The van der Waals surface area contributed by atoms with Crippen molar-refractivity contribution in [1.82, 2.24) is 0 Å². The maximum absolute atomic E-state index is 6.02. The fourth-order valence-electron chi connectivity index (χ4n) is 1.18. The first kappa shape index (κ1) is 7.44. The van der Waals surface area contributed by atoms with Crippen LogP contribution in [0, 0.1) is 0 Å². The standard InChI is InChI=1S/C10H8ClN/c11-9-5-3-7-12-10-6-2-1-4-8(9)10/h1-7,12H. The van der Waals surface area contributed by atoms with E-state index in [0.717, 1.165) is 16.3 Å². The van der Waals surface area contributed by atoms with Gasteiger partial charge in [-0.05, 0) is 18.2 Å². The summed E-state index contributed by atoms with van der Waals surface area (Å²) in [6.45, 7) is 0. The molecule has 1 N–H and O–H groups in total. The summed E-state index contributed by atoms with van der Waals surface area (Å²) < 4.78 is 0. The molecule has 1 heterocycles. The van der Waals surface area contributed by atoms with Crippen LogP contribution >= 0.6 is 11.6 Å². The molecular formula is C10H8ClN. The second kappa shape index (κ2) is 3.03. The molecule has 2 heteroatoms. The summed E-state index contributed by atoms with van der Waals surface area (Å²) in [6.07, 6.45) is 5.64. The largest absolute Gasteiger partial charge is 0.361 e. The fourth-order valence-corrected chi connectivity index (χ4v) is 1.42. The van der Waals surface area contributed by atoms with Gasteiger partial charge in [0.2, 0.25) is 0 Å². The average Bonchev–Trinajstić information content (AvgIpc) is 2.29. The Labute approximate surface area is 76.4 Å². The van der Waals surface area contributed by atoms with Gasteiger partial charge in [0.25, 0.3) is 0 Å². The minimum atomic E-state index is 0.770. The Morgan fingerprint density at radius 1 is 1.17 bits per heavy atom. The molecule has 1 aromatic carbocycles. The second-order valence-electron chi connectivity index (χ2n) is 2.56. The van der Waals surface area contributed by atoms with Crippen LogP contribution in [0.25, 0.3) is 5.03 Å². The number of hydrogen-bond acceptors (Lipinski definition) is 1. The molecule has 0 aromatic heterocycles. The first-order valence-electron chi connectivity index (χ1n) is 3.76. The smallest absolute Gasteiger partial charge is 0.0499 e. The molecule has 1 nitrogen and oxygen atoms in total. The van der Waals surface area contributed by atoms with Gasteiger partial charge < -0.3 is 5.32 Å². The van der Waals surface area contributed by atoms with Crippen LogP contribution in [0.15, 0.2) is 42.6 Å². The van der Waals surface area contributed by atoms with E-state index in [1.807, 2.05) is 42.6 Å². The van der Waals surface area contributed by atoms with Crippen molar-refractivity contribution >= 4 is 22.3 Å². The number of hydrogen-bond donors (Lipinski definition) is 1. The zero-order valence-corrected chi connectivity index (χ0v) is 7.18. The van der Waals surface area contributed by atoms with Crippen LogP contribution in [-0.4, -0.2) is 0 Å². The summed E-state index contributed by atoms with van der Waals surface area (Å²) in [5.74, 6) is 0. The average molecular weight is 178 g/mol. The van der Waals surface area contributed by atoms with Crippen molar-refractivity contribution in [3.63, 3.8) is 0 Å². The van der Waals surface area contributed by atoms with Crippen molar-refractivity contribution < 1.29 is 0 Å². The minimum Gasteiger partial charge on any atom is -0.361 e. The van der Waals surface area contributed by atoms with Crippen molar-refractivity contribution in [2.75, 3.05) is 5.32 Å². The topological polar surface area (TPSA) is 12.0 Å². The SMILES string of the molecule is ClC1=CC=CNc2ccccc21. The Morgan fingerprint density at radius 2 is 2.00 bits per heavy atom. The highest BCUT2D eigenvalue weighted by atomic mass is 35.5. The minimum absolute atomic E-state index is 0.770. The molecule has 0 saturated heterocycles.